The minimum absolute atomic E-state index is 0.212. The van der Waals surface area contributed by atoms with Gasteiger partial charge in [-0.1, -0.05) is 23.2 Å². The molecule has 1 aromatic heterocycles. The lowest BCUT2D eigenvalue weighted by molar-refractivity contribution is -0.157. The Bertz CT molecular complexity index is 729. The van der Waals surface area contributed by atoms with Gasteiger partial charge in [0.15, 0.2) is 0 Å². The summed E-state index contributed by atoms with van der Waals surface area (Å²) in [5.74, 6) is -1.68. The summed E-state index contributed by atoms with van der Waals surface area (Å²) in [6, 6.07) is 4.53. The lowest BCUT2D eigenvalue weighted by Gasteiger charge is -2.26. The van der Waals surface area contributed by atoms with Crippen LogP contribution in [0.15, 0.2) is 36.9 Å². The Labute approximate surface area is 142 Å². The molecule has 0 amide bonds. The number of benzene rings is 1. The number of nitrogens with zero attached hydrogens (tertiary/aromatic N) is 2. The summed E-state index contributed by atoms with van der Waals surface area (Å²) in [6.45, 7) is 2.63. The van der Waals surface area contributed by atoms with E-state index in [0.29, 0.717) is 5.02 Å². The molecule has 122 valence electrons. The topological polar surface area (TPSA) is 81.4 Å². The lowest BCUT2D eigenvalue weighted by Crippen LogP contribution is -2.40. The van der Waals surface area contributed by atoms with Gasteiger partial charge in [-0.15, -0.1) is 0 Å². The zero-order chi connectivity index (χ0) is 17.2. The molecule has 8 heteroatoms. The smallest absolute Gasteiger partial charge is 0.316 e. The average Bonchev–Trinajstić information content (AvgIpc) is 2.99. The summed E-state index contributed by atoms with van der Waals surface area (Å²) < 4.78 is 7.04. The Balaban J connectivity index is 2.40. The summed E-state index contributed by atoms with van der Waals surface area (Å²) in [5.41, 5.74) is -1.65. The molecular formula is C15H14Cl2N2O4. The van der Waals surface area contributed by atoms with Gasteiger partial charge in [-0.05, 0) is 32.0 Å². The van der Waals surface area contributed by atoms with Gasteiger partial charge >= 0.3 is 5.97 Å². The van der Waals surface area contributed by atoms with Crippen molar-refractivity contribution in [2.45, 2.75) is 20.1 Å². The van der Waals surface area contributed by atoms with Gasteiger partial charge in [-0.2, -0.15) is 0 Å². The molecule has 2 rings (SSSR count). The van der Waals surface area contributed by atoms with Crippen LogP contribution < -0.4 is 4.74 Å². The van der Waals surface area contributed by atoms with Crippen LogP contribution in [0.25, 0.3) is 0 Å². The zero-order valence-electron chi connectivity index (χ0n) is 12.4. The molecule has 0 saturated heterocycles. The van der Waals surface area contributed by atoms with Gasteiger partial charge in [0.25, 0.3) is 0 Å². The number of halogens is 2. The molecule has 2 aromatic rings. The Morgan fingerprint density at radius 2 is 2.04 bits per heavy atom. The highest BCUT2D eigenvalue weighted by Gasteiger charge is 2.42. The van der Waals surface area contributed by atoms with Crippen LogP contribution in [-0.4, -0.2) is 26.4 Å². The molecule has 0 saturated carbocycles. The molecule has 0 radical (unpaired) electrons. The van der Waals surface area contributed by atoms with Crippen molar-refractivity contribution in [1.82, 2.24) is 9.55 Å². The van der Waals surface area contributed by atoms with Crippen LogP contribution in [0.4, 0.5) is 0 Å². The third kappa shape index (κ3) is 3.65. The van der Waals surface area contributed by atoms with E-state index in [1.807, 2.05) is 0 Å². The quantitative estimate of drug-likeness (QED) is 0.801. The average molecular weight is 357 g/mol. The Morgan fingerprint density at radius 1 is 1.35 bits per heavy atom. The number of hydrogen-bond donors (Lipinski definition) is 1. The number of rotatable bonds is 6. The third-order valence-electron chi connectivity index (χ3n) is 3.30. The number of carbonyl (C=O) groups excluding carboxylic acids is 1. The molecule has 0 aliphatic heterocycles. The fourth-order valence-electron chi connectivity index (χ4n) is 1.76. The van der Waals surface area contributed by atoms with Gasteiger partial charge in [0.1, 0.15) is 11.2 Å². The number of imidazole rings is 1. The minimum atomic E-state index is -1.65. The van der Waals surface area contributed by atoms with E-state index in [-0.39, 0.29) is 10.8 Å². The van der Waals surface area contributed by atoms with E-state index in [9.17, 15) is 14.7 Å². The van der Waals surface area contributed by atoms with Crippen LogP contribution in [-0.2, 0) is 9.59 Å². The van der Waals surface area contributed by atoms with Gasteiger partial charge in [0, 0.05) is 17.4 Å². The van der Waals surface area contributed by atoms with Crippen molar-refractivity contribution in [2.24, 2.45) is 5.41 Å². The monoisotopic (exact) mass is 356 g/mol. The predicted molar refractivity (Wildman–Crippen MR) is 84.8 cm³/mol. The summed E-state index contributed by atoms with van der Waals surface area (Å²) >= 11 is 11.9. The molecular weight excluding hydrogens is 343 g/mol. The summed E-state index contributed by atoms with van der Waals surface area (Å²) in [6.07, 6.45) is 3.11. The Kier molecular flexibility index (Phi) is 4.97. The first kappa shape index (κ1) is 17.3. The SMILES string of the molecule is CC(C)(C(=O)O)C(=O)C(Oc1ccc(Cl)cc1Cl)n1ccnc1. The number of ketones is 1. The highest BCUT2D eigenvalue weighted by atomic mass is 35.5. The van der Waals surface area contributed by atoms with Crippen molar-refractivity contribution in [1.29, 1.82) is 0 Å². The van der Waals surface area contributed by atoms with Crippen LogP contribution in [0.2, 0.25) is 10.0 Å². The van der Waals surface area contributed by atoms with Crippen molar-refractivity contribution in [3.8, 4) is 5.75 Å². The van der Waals surface area contributed by atoms with Crippen LogP contribution in [0, 0.1) is 5.41 Å². The molecule has 0 bridgehead atoms. The molecule has 1 heterocycles. The first-order valence-corrected chi connectivity index (χ1v) is 7.36. The normalized spacial score (nSPS) is 12.7. The van der Waals surface area contributed by atoms with E-state index < -0.39 is 23.4 Å². The van der Waals surface area contributed by atoms with Crippen molar-refractivity contribution >= 4 is 35.0 Å². The maximum absolute atomic E-state index is 12.7. The number of carboxylic acids is 1. The summed E-state index contributed by atoms with van der Waals surface area (Å²) in [4.78, 5) is 27.9. The summed E-state index contributed by atoms with van der Waals surface area (Å²) in [7, 11) is 0. The zero-order valence-corrected chi connectivity index (χ0v) is 13.9. The maximum atomic E-state index is 12.7. The van der Waals surface area contributed by atoms with Crippen LogP contribution in [0.3, 0.4) is 0 Å². The molecule has 1 unspecified atom stereocenters. The molecule has 1 aromatic carbocycles. The van der Waals surface area contributed by atoms with Gasteiger partial charge in [0.05, 0.1) is 11.3 Å². The molecule has 0 aliphatic rings. The van der Waals surface area contributed by atoms with Gasteiger partial charge in [-0.25, -0.2) is 4.98 Å². The van der Waals surface area contributed by atoms with E-state index >= 15 is 0 Å². The second-order valence-electron chi connectivity index (χ2n) is 5.35. The molecule has 0 aliphatic carbocycles. The number of carboxylic acid groups (broad SMARTS) is 1. The van der Waals surface area contributed by atoms with E-state index in [1.165, 1.54) is 49.3 Å². The molecule has 0 fully saturated rings. The second kappa shape index (κ2) is 6.60. The number of ether oxygens (including phenoxy) is 1. The number of aromatic nitrogens is 2. The Morgan fingerprint density at radius 3 is 2.57 bits per heavy atom. The maximum Gasteiger partial charge on any atom is 0.316 e. The number of hydrogen-bond acceptors (Lipinski definition) is 4. The fourth-order valence-corrected chi connectivity index (χ4v) is 2.22. The van der Waals surface area contributed by atoms with E-state index in [1.54, 1.807) is 6.07 Å². The van der Waals surface area contributed by atoms with Crippen molar-refractivity contribution < 1.29 is 19.4 Å². The third-order valence-corrected chi connectivity index (χ3v) is 3.83. The predicted octanol–water partition coefficient (Wildman–Crippen LogP) is 3.45. The largest absolute Gasteiger partial charge is 0.481 e. The standard InChI is InChI=1S/C15H14Cl2N2O4/c1-15(2,14(21)22)12(20)13(19-6-5-18-8-19)23-11-4-3-9(16)7-10(11)17/h3-8,13H,1-2H3,(H,21,22). The van der Waals surface area contributed by atoms with Crippen LogP contribution in [0.5, 0.6) is 5.75 Å². The van der Waals surface area contributed by atoms with Crippen molar-refractivity contribution in [2.75, 3.05) is 0 Å². The number of carbonyl (C=O) groups is 2. The molecule has 0 spiro atoms. The lowest BCUT2D eigenvalue weighted by atomic mass is 9.87. The fraction of sp³-hybridized carbons (Fsp3) is 0.267. The van der Waals surface area contributed by atoms with Gasteiger partial charge in [-0.3, -0.25) is 14.2 Å². The first-order chi connectivity index (χ1) is 10.7. The highest BCUT2D eigenvalue weighted by molar-refractivity contribution is 6.35. The van der Waals surface area contributed by atoms with Crippen LogP contribution >= 0.6 is 23.2 Å². The number of Topliss-reactive ketones (excluding diaryl/α,β-unsaturated/α-hetero) is 1. The van der Waals surface area contributed by atoms with Crippen molar-refractivity contribution in [3.05, 3.63) is 47.0 Å². The van der Waals surface area contributed by atoms with Crippen molar-refractivity contribution in [3.63, 3.8) is 0 Å². The van der Waals surface area contributed by atoms with Crippen LogP contribution in [0.1, 0.15) is 20.1 Å². The van der Waals surface area contributed by atoms with E-state index in [4.69, 9.17) is 27.9 Å². The minimum Gasteiger partial charge on any atom is -0.481 e. The molecule has 6 nitrogen and oxygen atoms in total. The van der Waals surface area contributed by atoms with E-state index in [0.717, 1.165) is 0 Å². The summed E-state index contributed by atoms with van der Waals surface area (Å²) in [5, 5.41) is 9.90. The Hall–Kier alpha value is -2.05. The number of aliphatic carboxylic acids is 1. The van der Waals surface area contributed by atoms with Gasteiger partial charge < -0.3 is 9.84 Å². The highest BCUT2D eigenvalue weighted by Crippen LogP contribution is 2.33. The van der Waals surface area contributed by atoms with Gasteiger partial charge in [0.2, 0.25) is 12.0 Å². The molecule has 23 heavy (non-hydrogen) atoms. The molecule has 1 N–H and O–H groups in total. The molecule has 1 atom stereocenters. The first-order valence-electron chi connectivity index (χ1n) is 6.60. The second-order valence-corrected chi connectivity index (χ2v) is 6.19. The van der Waals surface area contributed by atoms with E-state index in [2.05, 4.69) is 4.98 Å².